The van der Waals surface area contributed by atoms with Crippen molar-refractivity contribution < 1.29 is 4.74 Å². The predicted molar refractivity (Wildman–Crippen MR) is 106 cm³/mol. The SMILES string of the molecule is COc1cccc(CCn2ccnc2-c2cn(C3CCNCC3)nn2)c1.Cl. The third-order valence-electron chi connectivity index (χ3n) is 4.91. The second kappa shape index (κ2) is 9.01. The van der Waals surface area contributed by atoms with Crippen molar-refractivity contribution in [3.05, 3.63) is 48.4 Å². The quantitative estimate of drug-likeness (QED) is 0.703. The minimum atomic E-state index is 0. The molecule has 0 unspecified atom stereocenters. The zero-order valence-electron chi connectivity index (χ0n) is 15.4. The average molecular weight is 389 g/mol. The number of aryl methyl sites for hydroxylation is 2. The van der Waals surface area contributed by atoms with Gasteiger partial charge in [-0.3, -0.25) is 0 Å². The molecule has 1 saturated heterocycles. The lowest BCUT2D eigenvalue weighted by atomic mass is 10.1. The molecule has 0 radical (unpaired) electrons. The van der Waals surface area contributed by atoms with Gasteiger partial charge in [0.05, 0.1) is 19.3 Å². The number of rotatable bonds is 6. The number of nitrogens with zero attached hydrogens (tertiary/aromatic N) is 5. The fourth-order valence-corrected chi connectivity index (χ4v) is 3.43. The van der Waals surface area contributed by atoms with Crippen LogP contribution in [0.2, 0.25) is 0 Å². The second-order valence-electron chi connectivity index (χ2n) is 6.61. The van der Waals surface area contributed by atoms with E-state index in [0.29, 0.717) is 6.04 Å². The Hall–Kier alpha value is -2.38. The topological polar surface area (TPSA) is 69.8 Å². The van der Waals surface area contributed by atoms with Gasteiger partial charge in [-0.25, -0.2) is 9.67 Å². The third-order valence-corrected chi connectivity index (χ3v) is 4.91. The highest BCUT2D eigenvalue weighted by Crippen LogP contribution is 2.21. The van der Waals surface area contributed by atoms with Crippen LogP contribution in [0.4, 0.5) is 0 Å². The van der Waals surface area contributed by atoms with Crippen molar-refractivity contribution in [2.75, 3.05) is 20.2 Å². The monoisotopic (exact) mass is 388 g/mol. The van der Waals surface area contributed by atoms with Crippen molar-refractivity contribution in [3.8, 4) is 17.3 Å². The largest absolute Gasteiger partial charge is 0.497 e. The van der Waals surface area contributed by atoms with E-state index in [0.717, 1.165) is 56.2 Å². The van der Waals surface area contributed by atoms with Gasteiger partial charge in [-0.15, -0.1) is 17.5 Å². The highest BCUT2D eigenvalue weighted by Gasteiger charge is 2.18. The molecule has 4 rings (SSSR count). The Balaban J connectivity index is 0.00000210. The zero-order valence-corrected chi connectivity index (χ0v) is 16.2. The Kier molecular flexibility index (Phi) is 6.47. The summed E-state index contributed by atoms with van der Waals surface area (Å²) < 4.78 is 9.43. The van der Waals surface area contributed by atoms with E-state index in [-0.39, 0.29) is 12.4 Å². The Bertz CT molecular complexity index is 855. The first-order valence-corrected chi connectivity index (χ1v) is 9.10. The molecule has 27 heavy (non-hydrogen) atoms. The van der Waals surface area contributed by atoms with Crippen LogP contribution >= 0.6 is 12.4 Å². The zero-order chi connectivity index (χ0) is 17.8. The molecule has 0 atom stereocenters. The van der Waals surface area contributed by atoms with Crippen molar-refractivity contribution in [2.24, 2.45) is 0 Å². The van der Waals surface area contributed by atoms with Gasteiger partial charge in [-0.1, -0.05) is 17.3 Å². The Morgan fingerprint density at radius 2 is 2.11 bits per heavy atom. The first-order chi connectivity index (χ1) is 12.8. The van der Waals surface area contributed by atoms with Crippen molar-refractivity contribution in [2.45, 2.75) is 31.8 Å². The van der Waals surface area contributed by atoms with E-state index in [1.54, 1.807) is 7.11 Å². The number of halogens is 1. The van der Waals surface area contributed by atoms with Crippen LogP contribution in [0.15, 0.2) is 42.9 Å². The van der Waals surface area contributed by atoms with Crippen LogP contribution in [0.1, 0.15) is 24.4 Å². The van der Waals surface area contributed by atoms with Gasteiger partial charge in [0.15, 0.2) is 5.82 Å². The number of hydrogen-bond donors (Lipinski definition) is 1. The van der Waals surface area contributed by atoms with Crippen LogP contribution in [-0.4, -0.2) is 44.7 Å². The molecule has 3 heterocycles. The van der Waals surface area contributed by atoms with Gasteiger partial charge in [0.25, 0.3) is 0 Å². The standard InChI is InChI=1S/C19H24N6O.ClH/c1-26-17-4-2-3-15(13-17)7-11-24-12-10-21-19(24)18-14-25(23-22-18)16-5-8-20-9-6-16;/h2-4,10,12-14,16,20H,5-9,11H2,1H3;1H. The summed E-state index contributed by atoms with van der Waals surface area (Å²) in [5.41, 5.74) is 2.07. The summed E-state index contributed by atoms with van der Waals surface area (Å²) in [5, 5.41) is 12.1. The lowest BCUT2D eigenvalue weighted by Crippen LogP contribution is -2.29. The number of piperidine rings is 1. The summed E-state index contributed by atoms with van der Waals surface area (Å²) in [6.45, 7) is 2.91. The number of benzene rings is 1. The molecule has 144 valence electrons. The van der Waals surface area contributed by atoms with E-state index in [9.17, 15) is 0 Å². The lowest BCUT2D eigenvalue weighted by molar-refractivity contribution is 0.337. The number of nitrogens with one attached hydrogen (secondary N) is 1. The van der Waals surface area contributed by atoms with Crippen LogP contribution in [0.3, 0.4) is 0 Å². The Labute approximate surface area is 165 Å². The van der Waals surface area contributed by atoms with Crippen LogP contribution in [-0.2, 0) is 13.0 Å². The number of ether oxygens (including phenoxy) is 1. The molecule has 2 aromatic heterocycles. The summed E-state index contributed by atoms with van der Waals surface area (Å²) >= 11 is 0. The van der Waals surface area contributed by atoms with E-state index >= 15 is 0 Å². The molecule has 0 aliphatic carbocycles. The molecular weight excluding hydrogens is 364 g/mol. The fraction of sp³-hybridized carbons (Fsp3) is 0.421. The van der Waals surface area contributed by atoms with Gasteiger partial charge in [0, 0.05) is 18.9 Å². The molecule has 0 saturated carbocycles. The molecule has 3 aromatic rings. The van der Waals surface area contributed by atoms with Gasteiger partial charge < -0.3 is 14.6 Å². The highest BCUT2D eigenvalue weighted by molar-refractivity contribution is 5.85. The number of imidazole rings is 1. The van der Waals surface area contributed by atoms with E-state index in [1.807, 2.05) is 35.4 Å². The van der Waals surface area contributed by atoms with Gasteiger partial charge in [-0.2, -0.15) is 0 Å². The van der Waals surface area contributed by atoms with Gasteiger partial charge in [0.1, 0.15) is 11.4 Å². The lowest BCUT2D eigenvalue weighted by Gasteiger charge is -2.22. The summed E-state index contributed by atoms with van der Waals surface area (Å²) in [7, 11) is 1.69. The Morgan fingerprint density at radius 3 is 2.93 bits per heavy atom. The van der Waals surface area contributed by atoms with E-state index in [1.165, 1.54) is 5.56 Å². The molecule has 7 nitrogen and oxygen atoms in total. The van der Waals surface area contributed by atoms with Crippen LogP contribution in [0.5, 0.6) is 5.75 Å². The van der Waals surface area contributed by atoms with E-state index in [4.69, 9.17) is 4.74 Å². The maximum atomic E-state index is 5.30. The van der Waals surface area contributed by atoms with Crippen molar-refractivity contribution >= 4 is 12.4 Å². The fourth-order valence-electron chi connectivity index (χ4n) is 3.43. The molecule has 0 amide bonds. The van der Waals surface area contributed by atoms with Crippen molar-refractivity contribution in [3.63, 3.8) is 0 Å². The summed E-state index contributed by atoms with van der Waals surface area (Å²) in [6, 6.07) is 8.60. The molecule has 0 bridgehead atoms. The minimum absolute atomic E-state index is 0. The summed E-state index contributed by atoms with van der Waals surface area (Å²) in [4.78, 5) is 4.50. The molecule has 0 spiro atoms. The molecule has 1 aliphatic rings. The van der Waals surface area contributed by atoms with E-state index in [2.05, 4.69) is 37.3 Å². The van der Waals surface area contributed by atoms with Gasteiger partial charge in [-0.05, 0) is 50.0 Å². The van der Waals surface area contributed by atoms with Crippen LogP contribution < -0.4 is 10.1 Å². The minimum Gasteiger partial charge on any atom is -0.497 e. The normalized spacial score (nSPS) is 14.7. The van der Waals surface area contributed by atoms with Gasteiger partial charge in [0.2, 0.25) is 0 Å². The molecule has 1 aromatic carbocycles. The highest BCUT2D eigenvalue weighted by atomic mass is 35.5. The number of methoxy groups -OCH3 is 1. The molecular formula is C19H25ClN6O. The van der Waals surface area contributed by atoms with Crippen molar-refractivity contribution in [1.82, 2.24) is 29.9 Å². The van der Waals surface area contributed by atoms with Crippen LogP contribution in [0.25, 0.3) is 11.5 Å². The average Bonchev–Trinajstić information content (AvgIpc) is 3.36. The summed E-state index contributed by atoms with van der Waals surface area (Å²) in [6.07, 6.45) is 8.94. The number of hydrogen-bond acceptors (Lipinski definition) is 5. The molecule has 1 fully saturated rings. The maximum Gasteiger partial charge on any atom is 0.162 e. The Morgan fingerprint density at radius 1 is 1.26 bits per heavy atom. The molecule has 1 N–H and O–H groups in total. The van der Waals surface area contributed by atoms with Gasteiger partial charge >= 0.3 is 0 Å². The van der Waals surface area contributed by atoms with Crippen molar-refractivity contribution in [1.29, 1.82) is 0 Å². The molecule has 1 aliphatic heterocycles. The van der Waals surface area contributed by atoms with Crippen LogP contribution in [0, 0.1) is 0 Å². The first kappa shape index (κ1) is 19.4. The second-order valence-corrected chi connectivity index (χ2v) is 6.61. The predicted octanol–water partition coefficient (Wildman–Crippen LogP) is 2.74. The van der Waals surface area contributed by atoms with E-state index < -0.39 is 0 Å². The third kappa shape index (κ3) is 4.48. The maximum absolute atomic E-state index is 5.30. The smallest absolute Gasteiger partial charge is 0.162 e. The molecule has 8 heteroatoms. The summed E-state index contributed by atoms with van der Waals surface area (Å²) in [5.74, 6) is 1.76. The number of aromatic nitrogens is 5. The first-order valence-electron chi connectivity index (χ1n) is 9.10.